The molecule has 28 heavy (non-hydrogen) atoms. The fraction of sp³-hybridized carbons (Fsp3) is 0.500. The molecule has 0 bridgehead atoms. The number of hydrogen-bond acceptors (Lipinski definition) is 7. The van der Waals surface area contributed by atoms with Crippen LogP contribution in [-0.4, -0.2) is 54.1 Å². The van der Waals surface area contributed by atoms with Crippen LogP contribution in [0.4, 0.5) is 0 Å². The Balaban J connectivity index is 1.79. The lowest BCUT2D eigenvalue weighted by molar-refractivity contribution is 0.0696. The predicted molar refractivity (Wildman–Crippen MR) is 99.1 cm³/mol. The monoisotopic (exact) mass is 409 g/mol. The van der Waals surface area contributed by atoms with Crippen LogP contribution in [0.1, 0.15) is 60.6 Å². The second-order valence-electron chi connectivity index (χ2n) is 6.99. The summed E-state index contributed by atoms with van der Waals surface area (Å²) in [6, 6.07) is 3.80. The molecular weight excluding hydrogens is 386 g/mol. The zero-order valence-corrected chi connectivity index (χ0v) is 16.8. The molecule has 1 saturated heterocycles. The van der Waals surface area contributed by atoms with Crippen molar-refractivity contribution in [3.05, 3.63) is 35.5 Å². The van der Waals surface area contributed by atoms with Crippen LogP contribution in [0.5, 0.6) is 5.75 Å². The van der Waals surface area contributed by atoms with Gasteiger partial charge in [0, 0.05) is 24.9 Å². The summed E-state index contributed by atoms with van der Waals surface area (Å²) >= 11 is 0. The Morgan fingerprint density at radius 1 is 1.32 bits per heavy atom. The molecule has 0 radical (unpaired) electrons. The Hall–Kier alpha value is -2.46. The maximum absolute atomic E-state index is 13.1. The molecule has 1 aliphatic rings. The van der Waals surface area contributed by atoms with Crippen LogP contribution in [0.2, 0.25) is 0 Å². The standard InChI is InChI=1S/C18H23N3O6S/c1-11(2)16-19-17(27-20-16)12-6-8-21(9-7-12)28(24,25)15-10-13(18(22)23)4-5-14(15)26-3/h4-5,10-12H,6-9H2,1-3H3,(H,22,23). The number of aromatic nitrogens is 2. The third-order valence-electron chi connectivity index (χ3n) is 4.81. The molecule has 3 rings (SSSR count). The van der Waals surface area contributed by atoms with Crippen LogP contribution in [-0.2, 0) is 10.0 Å². The first-order valence-corrected chi connectivity index (χ1v) is 10.4. The van der Waals surface area contributed by atoms with Gasteiger partial charge in [0.25, 0.3) is 0 Å². The highest BCUT2D eigenvalue weighted by molar-refractivity contribution is 7.89. The van der Waals surface area contributed by atoms with Crippen molar-refractivity contribution in [3.8, 4) is 5.75 Å². The quantitative estimate of drug-likeness (QED) is 0.772. The van der Waals surface area contributed by atoms with E-state index in [2.05, 4.69) is 10.1 Å². The summed E-state index contributed by atoms with van der Waals surface area (Å²) in [6.07, 6.45) is 1.08. The van der Waals surface area contributed by atoms with Crippen LogP contribution in [0.15, 0.2) is 27.6 Å². The molecule has 1 fully saturated rings. The summed E-state index contributed by atoms with van der Waals surface area (Å²) in [6.45, 7) is 4.49. The van der Waals surface area contributed by atoms with Gasteiger partial charge < -0.3 is 14.4 Å². The Labute approximate surface area is 163 Å². The Morgan fingerprint density at radius 2 is 2.00 bits per heavy atom. The van der Waals surface area contributed by atoms with Crippen LogP contribution < -0.4 is 4.74 Å². The highest BCUT2D eigenvalue weighted by Gasteiger charge is 2.34. The number of ether oxygens (including phenoxy) is 1. The Morgan fingerprint density at radius 3 is 2.54 bits per heavy atom. The fourth-order valence-corrected chi connectivity index (χ4v) is 4.79. The summed E-state index contributed by atoms with van der Waals surface area (Å²) in [7, 11) is -2.55. The highest BCUT2D eigenvalue weighted by atomic mass is 32.2. The van der Waals surface area contributed by atoms with E-state index in [9.17, 15) is 18.3 Å². The summed E-state index contributed by atoms with van der Waals surface area (Å²) in [4.78, 5) is 15.5. The number of nitrogens with zero attached hydrogens (tertiary/aromatic N) is 3. The number of piperidine rings is 1. The van der Waals surface area contributed by atoms with E-state index in [4.69, 9.17) is 9.26 Å². The largest absolute Gasteiger partial charge is 0.495 e. The first kappa shape index (κ1) is 20.3. The van der Waals surface area contributed by atoms with Gasteiger partial charge in [-0.25, -0.2) is 13.2 Å². The molecule has 1 N–H and O–H groups in total. The number of benzene rings is 1. The van der Waals surface area contributed by atoms with Gasteiger partial charge in [0.1, 0.15) is 10.6 Å². The van der Waals surface area contributed by atoms with Gasteiger partial charge in [-0.2, -0.15) is 9.29 Å². The average molecular weight is 409 g/mol. The van der Waals surface area contributed by atoms with Crippen LogP contribution in [0.25, 0.3) is 0 Å². The average Bonchev–Trinajstić information content (AvgIpc) is 3.18. The molecule has 0 saturated carbocycles. The molecule has 9 nitrogen and oxygen atoms in total. The van der Waals surface area contributed by atoms with E-state index in [1.165, 1.54) is 23.5 Å². The van der Waals surface area contributed by atoms with Crippen molar-refractivity contribution in [2.45, 2.75) is 43.4 Å². The zero-order chi connectivity index (χ0) is 20.5. The van der Waals surface area contributed by atoms with E-state index in [-0.39, 0.29) is 41.1 Å². The van der Waals surface area contributed by atoms with Crippen LogP contribution in [0.3, 0.4) is 0 Å². The Kier molecular flexibility index (Phi) is 5.71. The normalized spacial score (nSPS) is 16.4. The molecule has 0 amide bonds. The van der Waals surface area contributed by atoms with Gasteiger partial charge in [-0.1, -0.05) is 19.0 Å². The lowest BCUT2D eigenvalue weighted by Gasteiger charge is -2.30. The summed E-state index contributed by atoms with van der Waals surface area (Å²) < 4.78 is 38.0. The number of carboxylic acids is 1. The highest BCUT2D eigenvalue weighted by Crippen LogP contribution is 2.33. The van der Waals surface area contributed by atoms with Crippen molar-refractivity contribution in [2.24, 2.45) is 0 Å². The first-order chi connectivity index (χ1) is 13.2. The first-order valence-electron chi connectivity index (χ1n) is 8.99. The van der Waals surface area contributed by atoms with Crippen molar-refractivity contribution < 1.29 is 27.6 Å². The molecular formula is C18H23N3O6S. The lowest BCUT2D eigenvalue weighted by Crippen LogP contribution is -2.38. The maximum Gasteiger partial charge on any atom is 0.335 e. The second-order valence-corrected chi connectivity index (χ2v) is 8.90. The molecule has 0 aliphatic carbocycles. The number of carbonyl (C=O) groups is 1. The molecule has 1 aromatic heterocycles. The van der Waals surface area contributed by atoms with E-state index >= 15 is 0 Å². The van der Waals surface area contributed by atoms with E-state index in [0.717, 1.165) is 6.07 Å². The van der Waals surface area contributed by atoms with Gasteiger partial charge in [0.05, 0.1) is 12.7 Å². The van der Waals surface area contributed by atoms with E-state index in [1.807, 2.05) is 13.8 Å². The van der Waals surface area contributed by atoms with Gasteiger partial charge >= 0.3 is 5.97 Å². The minimum absolute atomic E-state index is 0.00120. The minimum Gasteiger partial charge on any atom is -0.495 e. The molecule has 152 valence electrons. The molecule has 1 aliphatic heterocycles. The molecule has 0 atom stereocenters. The molecule has 2 aromatic rings. The van der Waals surface area contributed by atoms with Crippen molar-refractivity contribution in [1.82, 2.24) is 14.4 Å². The zero-order valence-electron chi connectivity index (χ0n) is 16.0. The maximum atomic E-state index is 13.1. The van der Waals surface area contributed by atoms with Gasteiger partial charge in [-0.15, -0.1) is 0 Å². The predicted octanol–water partition coefficient (Wildman–Crippen LogP) is 2.47. The molecule has 10 heteroatoms. The van der Waals surface area contributed by atoms with Crippen molar-refractivity contribution in [3.63, 3.8) is 0 Å². The minimum atomic E-state index is -3.90. The fourth-order valence-electron chi connectivity index (χ4n) is 3.14. The van der Waals surface area contributed by atoms with Crippen LogP contribution in [0, 0.1) is 0 Å². The molecule has 0 unspecified atom stereocenters. The van der Waals surface area contributed by atoms with Gasteiger partial charge in [-0.3, -0.25) is 0 Å². The van der Waals surface area contributed by atoms with E-state index < -0.39 is 16.0 Å². The molecule has 0 spiro atoms. The number of rotatable bonds is 6. The summed E-state index contributed by atoms with van der Waals surface area (Å²) in [5, 5.41) is 13.1. The summed E-state index contributed by atoms with van der Waals surface area (Å²) in [5.41, 5.74) is -0.110. The van der Waals surface area contributed by atoms with Gasteiger partial charge in [0.2, 0.25) is 15.9 Å². The van der Waals surface area contributed by atoms with Gasteiger partial charge in [-0.05, 0) is 31.0 Å². The van der Waals surface area contributed by atoms with E-state index in [0.29, 0.717) is 24.6 Å². The molecule has 2 heterocycles. The Bertz CT molecular complexity index is 961. The molecule has 1 aromatic carbocycles. The number of methoxy groups -OCH3 is 1. The smallest absolute Gasteiger partial charge is 0.335 e. The van der Waals surface area contributed by atoms with Crippen molar-refractivity contribution in [1.29, 1.82) is 0 Å². The number of hydrogen-bond donors (Lipinski definition) is 1. The number of aromatic carboxylic acids is 1. The van der Waals surface area contributed by atoms with Crippen molar-refractivity contribution >= 4 is 16.0 Å². The third-order valence-corrected chi connectivity index (χ3v) is 6.73. The topological polar surface area (TPSA) is 123 Å². The second kappa shape index (κ2) is 7.88. The van der Waals surface area contributed by atoms with Crippen LogP contribution >= 0.6 is 0 Å². The number of carboxylic acid groups (broad SMARTS) is 1. The lowest BCUT2D eigenvalue weighted by atomic mass is 9.98. The third kappa shape index (κ3) is 3.88. The van der Waals surface area contributed by atoms with Crippen molar-refractivity contribution in [2.75, 3.05) is 20.2 Å². The van der Waals surface area contributed by atoms with E-state index in [1.54, 1.807) is 0 Å². The SMILES string of the molecule is COc1ccc(C(=O)O)cc1S(=O)(=O)N1CCC(c2nc(C(C)C)no2)CC1. The number of sulfonamides is 1. The van der Waals surface area contributed by atoms with Gasteiger partial charge in [0.15, 0.2) is 5.82 Å². The summed E-state index contributed by atoms with van der Waals surface area (Å²) in [5.74, 6) is 0.248.